The fraction of sp³-hybridized carbons (Fsp3) is 0.474. The van der Waals surface area contributed by atoms with Crippen molar-refractivity contribution in [3.63, 3.8) is 0 Å². The molecule has 0 fully saturated rings. The number of aryl methyl sites for hydroxylation is 1. The summed E-state index contributed by atoms with van der Waals surface area (Å²) in [4.78, 5) is 23.8. The van der Waals surface area contributed by atoms with Crippen LogP contribution in [-0.2, 0) is 21.4 Å². The molecule has 5 heteroatoms. The summed E-state index contributed by atoms with van der Waals surface area (Å²) >= 11 is 0. The second-order valence-corrected chi connectivity index (χ2v) is 6.92. The van der Waals surface area contributed by atoms with Crippen LogP contribution < -0.4 is 5.63 Å². The summed E-state index contributed by atoms with van der Waals surface area (Å²) in [5, 5.41) is 10.9. The number of hydrogen-bond acceptors (Lipinski definition) is 5. The van der Waals surface area contributed by atoms with Crippen molar-refractivity contribution in [3.8, 4) is 5.75 Å². The van der Waals surface area contributed by atoms with Gasteiger partial charge in [-0.15, -0.1) is 0 Å². The van der Waals surface area contributed by atoms with E-state index in [2.05, 4.69) is 0 Å². The van der Waals surface area contributed by atoms with E-state index in [1.807, 2.05) is 20.8 Å². The molecule has 1 N–H and O–H groups in total. The van der Waals surface area contributed by atoms with Crippen LogP contribution in [0.5, 0.6) is 5.75 Å². The Kier molecular flexibility index (Phi) is 5.02. The van der Waals surface area contributed by atoms with Crippen LogP contribution in [0.25, 0.3) is 11.0 Å². The number of fused-ring (bicyclic) bond motifs is 1. The molecule has 0 aliphatic carbocycles. The van der Waals surface area contributed by atoms with Crippen molar-refractivity contribution in [2.24, 2.45) is 0 Å². The standard InChI is InChI=1S/C19H24O5/c1-6-23-16(21)8-7-13-11(2)17-14(20)9-12(19(3,4)5)10-15(17)24-18(13)22/h9-10,20H,6-8H2,1-5H3. The number of benzene rings is 1. The molecule has 0 atom stereocenters. The van der Waals surface area contributed by atoms with Gasteiger partial charge in [0.05, 0.1) is 12.0 Å². The summed E-state index contributed by atoms with van der Waals surface area (Å²) in [7, 11) is 0. The molecule has 0 aliphatic rings. The van der Waals surface area contributed by atoms with Crippen LogP contribution in [0.3, 0.4) is 0 Å². The lowest BCUT2D eigenvalue weighted by molar-refractivity contribution is -0.143. The Morgan fingerprint density at radius 3 is 2.54 bits per heavy atom. The number of phenolic OH excluding ortho intramolecular Hbond substituents is 1. The van der Waals surface area contributed by atoms with Crippen molar-refractivity contribution in [2.75, 3.05) is 6.61 Å². The summed E-state index contributed by atoms with van der Waals surface area (Å²) in [5.74, 6) is -0.278. The summed E-state index contributed by atoms with van der Waals surface area (Å²) in [5.41, 5.74) is 1.63. The molecule has 0 bridgehead atoms. The van der Waals surface area contributed by atoms with Crippen LogP contribution in [0.1, 0.15) is 50.8 Å². The highest BCUT2D eigenvalue weighted by atomic mass is 16.5. The number of rotatable bonds is 4. The Bertz CT molecular complexity index is 824. The van der Waals surface area contributed by atoms with Crippen molar-refractivity contribution in [2.45, 2.75) is 52.9 Å². The SMILES string of the molecule is CCOC(=O)CCc1c(C)c2c(O)cc(C(C)(C)C)cc2oc1=O. The third-order valence-corrected chi connectivity index (χ3v) is 4.11. The molecule has 5 nitrogen and oxygen atoms in total. The van der Waals surface area contributed by atoms with Gasteiger partial charge in [0.25, 0.3) is 0 Å². The quantitative estimate of drug-likeness (QED) is 0.684. The molecular formula is C19H24O5. The third-order valence-electron chi connectivity index (χ3n) is 4.11. The lowest BCUT2D eigenvalue weighted by Gasteiger charge is -2.20. The maximum Gasteiger partial charge on any atom is 0.339 e. The molecule has 130 valence electrons. The first kappa shape index (κ1) is 18.0. The zero-order chi connectivity index (χ0) is 18.1. The minimum absolute atomic E-state index is 0.0797. The van der Waals surface area contributed by atoms with E-state index in [1.54, 1.807) is 26.0 Å². The lowest BCUT2D eigenvalue weighted by atomic mass is 9.86. The Hall–Kier alpha value is -2.30. The zero-order valence-corrected chi connectivity index (χ0v) is 14.9. The Morgan fingerprint density at radius 2 is 1.96 bits per heavy atom. The van der Waals surface area contributed by atoms with Gasteiger partial charge in [-0.3, -0.25) is 4.79 Å². The van der Waals surface area contributed by atoms with E-state index in [0.717, 1.165) is 5.56 Å². The first-order valence-electron chi connectivity index (χ1n) is 8.10. The lowest BCUT2D eigenvalue weighted by Crippen LogP contribution is -2.15. The summed E-state index contributed by atoms with van der Waals surface area (Å²) < 4.78 is 10.3. The number of aromatic hydroxyl groups is 1. The highest BCUT2D eigenvalue weighted by molar-refractivity contribution is 5.88. The van der Waals surface area contributed by atoms with E-state index in [4.69, 9.17) is 9.15 Å². The van der Waals surface area contributed by atoms with Gasteiger partial charge < -0.3 is 14.3 Å². The molecule has 24 heavy (non-hydrogen) atoms. The van der Waals surface area contributed by atoms with Gasteiger partial charge in [-0.2, -0.15) is 0 Å². The van der Waals surface area contributed by atoms with Gasteiger partial charge in [0.15, 0.2) is 0 Å². The average Bonchev–Trinajstić information content (AvgIpc) is 2.45. The normalized spacial score (nSPS) is 11.7. The molecular weight excluding hydrogens is 308 g/mol. The van der Waals surface area contributed by atoms with E-state index >= 15 is 0 Å². The highest BCUT2D eigenvalue weighted by Crippen LogP contribution is 2.34. The molecule has 0 spiro atoms. The van der Waals surface area contributed by atoms with Crippen LogP contribution in [0.4, 0.5) is 0 Å². The van der Waals surface area contributed by atoms with Gasteiger partial charge in [0.2, 0.25) is 0 Å². The van der Waals surface area contributed by atoms with E-state index in [1.165, 1.54) is 0 Å². The highest BCUT2D eigenvalue weighted by Gasteiger charge is 2.20. The molecule has 1 aromatic heterocycles. The van der Waals surface area contributed by atoms with Gasteiger partial charge in [-0.1, -0.05) is 20.8 Å². The maximum atomic E-state index is 12.3. The number of carbonyl (C=O) groups excluding carboxylic acids is 1. The predicted octanol–water partition coefficient (Wildman–Crippen LogP) is 3.60. The number of ether oxygens (including phenoxy) is 1. The molecule has 0 unspecified atom stereocenters. The van der Waals surface area contributed by atoms with Gasteiger partial charge in [-0.25, -0.2) is 4.79 Å². The Morgan fingerprint density at radius 1 is 1.29 bits per heavy atom. The van der Waals surface area contributed by atoms with Gasteiger partial charge >= 0.3 is 11.6 Å². The first-order chi connectivity index (χ1) is 11.1. The van der Waals surface area contributed by atoms with E-state index in [-0.39, 0.29) is 30.0 Å². The second kappa shape index (κ2) is 6.67. The largest absolute Gasteiger partial charge is 0.507 e. The topological polar surface area (TPSA) is 76.7 Å². The fourth-order valence-corrected chi connectivity index (χ4v) is 2.71. The van der Waals surface area contributed by atoms with E-state index < -0.39 is 5.63 Å². The molecule has 1 aromatic carbocycles. The molecule has 0 aliphatic heterocycles. The molecule has 2 rings (SSSR count). The van der Waals surface area contributed by atoms with Crippen LogP contribution in [0, 0.1) is 6.92 Å². The summed E-state index contributed by atoms with van der Waals surface area (Å²) in [6, 6.07) is 3.49. The van der Waals surface area contributed by atoms with E-state index in [9.17, 15) is 14.7 Å². The monoisotopic (exact) mass is 332 g/mol. The number of esters is 1. The smallest absolute Gasteiger partial charge is 0.339 e. The molecule has 1 heterocycles. The summed E-state index contributed by atoms with van der Waals surface area (Å²) in [6.45, 7) is 9.86. The van der Waals surface area contributed by atoms with Gasteiger partial charge in [0.1, 0.15) is 11.3 Å². The number of carbonyl (C=O) groups is 1. The maximum absolute atomic E-state index is 12.3. The number of phenols is 1. The molecule has 2 aromatic rings. The molecule has 0 radical (unpaired) electrons. The minimum Gasteiger partial charge on any atom is -0.507 e. The van der Waals surface area contributed by atoms with Crippen molar-refractivity contribution < 1.29 is 19.1 Å². The van der Waals surface area contributed by atoms with E-state index in [0.29, 0.717) is 28.7 Å². The minimum atomic E-state index is -0.477. The van der Waals surface area contributed by atoms with Crippen LogP contribution in [0.2, 0.25) is 0 Å². The third kappa shape index (κ3) is 3.61. The molecule has 0 saturated carbocycles. The fourth-order valence-electron chi connectivity index (χ4n) is 2.71. The molecule has 0 saturated heterocycles. The Balaban J connectivity index is 2.52. The van der Waals surface area contributed by atoms with Crippen LogP contribution in [-0.4, -0.2) is 17.7 Å². The second-order valence-electron chi connectivity index (χ2n) is 6.92. The van der Waals surface area contributed by atoms with Crippen molar-refractivity contribution in [3.05, 3.63) is 39.2 Å². The zero-order valence-electron chi connectivity index (χ0n) is 14.9. The Labute approximate surface area is 141 Å². The van der Waals surface area contributed by atoms with Crippen LogP contribution >= 0.6 is 0 Å². The van der Waals surface area contributed by atoms with Gasteiger partial charge in [0, 0.05) is 12.0 Å². The van der Waals surface area contributed by atoms with Gasteiger partial charge in [-0.05, 0) is 48.9 Å². The van der Waals surface area contributed by atoms with Crippen molar-refractivity contribution >= 4 is 16.9 Å². The van der Waals surface area contributed by atoms with Crippen molar-refractivity contribution in [1.29, 1.82) is 0 Å². The summed E-state index contributed by atoms with van der Waals surface area (Å²) in [6.07, 6.45) is 0.329. The van der Waals surface area contributed by atoms with Crippen molar-refractivity contribution in [1.82, 2.24) is 0 Å². The first-order valence-corrected chi connectivity index (χ1v) is 8.10. The predicted molar refractivity (Wildman–Crippen MR) is 92.5 cm³/mol. The molecule has 0 amide bonds. The van der Waals surface area contributed by atoms with Crippen LogP contribution in [0.15, 0.2) is 21.3 Å². The average molecular weight is 332 g/mol. The number of hydrogen-bond donors (Lipinski definition) is 1.